The van der Waals surface area contributed by atoms with Crippen molar-refractivity contribution in [1.29, 1.82) is 0 Å². The quantitative estimate of drug-likeness (QED) is 0.300. The molecule has 0 bridgehead atoms. The van der Waals surface area contributed by atoms with E-state index in [4.69, 9.17) is 0 Å². The van der Waals surface area contributed by atoms with Crippen LogP contribution in [-0.2, 0) is 11.3 Å². The maximum Gasteiger partial charge on any atom is 0.318 e. The van der Waals surface area contributed by atoms with Crippen LogP contribution in [0, 0.1) is 0 Å². The molecular weight excluding hydrogens is 556 g/mol. The van der Waals surface area contributed by atoms with Gasteiger partial charge in [-0.2, -0.15) is 0 Å². The summed E-state index contributed by atoms with van der Waals surface area (Å²) < 4.78 is 0. The molecule has 2 aliphatic heterocycles. The molecule has 1 fully saturated rings. The number of hydrogen-bond donors (Lipinski definition) is 2. The Hall–Kier alpha value is -3.95. The van der Waals surface area contributed by atoms with Gasteiger partial charge in [-0.15, -0.1) is 11.8 Å². The number of benzene rings is 3. The number of carbonyl (C=O) groups is 2. The van der Waals surface area contributed by atoms with Crippen LogP contribution in [0.2, 0.25) is 0 Å². The van der Waals surface area contributed by atoms with E-state index in [1.165, 1.54) is 5.69 Å². The second-order valence-electron chi connectivity index (χ2n) is 11.7. The van der Waals surface area contributed by atoms with Crippen LogP contribution in [0.1, 0.15) is 24.0 Å². The van der Waals surface area contributed by atoms with E-state index in [9.17, 15) is 9.59 Å². The van der Waals surface area contributed by atoms with Crippen molar-refractivity contribution in [3.8, 4) is 0 Å². The van der Waals surface area contributed by atoms with E-state index in [0.717, 1.165) is 58.0 Å². The minimum absolute atomic E-state index is 0.0717. The molecule has 0 spiro atoms. The molecule has 2 N–H and O–H groups in total. The highest BCUT2D eigenvalue weighted by Gasteiger charge is 2.36. The average Bonchev–Trinajstić information content (AvgIpc) is 3.47. The molecule has 0 unspecified atom stereocenters. The number of thioether (sulfide) groups is 1. The molecule has 1 aromatic heterocycles. The molecule has 0 radical (unpaired) electrons. The number of piperazine rings is 1. The second kappa shape index (κ2) is 12.7. The number of carbonyl (C=O) groups excluding carboxylic acids is 2. The molecule has 2 atom stereocenters. The molecule has 1 saturated heterocycles. The van der Waals surface area contributed by atoms with Gasteiger partial charge in [-0.3, -0.25) is 4.79 Å². The van der Waals surface area contributed by atoms with Crippen molar-refractivity contribution in [1.82, 2.24) is 20.1 Å². The largest absolute Gasteiger partial charge is 0.368 e. The Morgan fingerprint density at radius 1 is 0.953 bits per heavy atom. The topological polar surface area (TPSA) is 74.9 Å². The number of anilines is 2. The lowest BCUT2D eigenvalue weighted by molar-refractivity contribution is -0.120. The van der Waals surface area contributed by atoms with Gasteiger partial charge in [0.15, 0.2) is 0 Å². The summed E-state index contributed by atoms with van der Waals surface area (Å²) in [6.07, 6.45) is 1.98. The Kier molecular flexibility index (Phi) is 8.63. The highest BCUT2D eigenvalue weighted by atomic mass is 32.2. The third-order valence-corrected chi connectivity index (χ3v) is 9.54. The second-order valence-corrected chi connectivity index (χ2v) is 12.8. The van der Waals surface area contributed by atoms with Gasteiger partial charge in [0.1, 0.15) is 6.04 Å². The number of nitrogens with one attached hydrogen (secondary N) is 2. The Morgan fingerprint density at radius 2 is 1.70 bits per heavy atom. The van der Waals surface area contributed by atoms with Crippen LogP contribution >= 0.6 is 11.8 Å². The van der Waals surface area contributed by atoms with E-state index in [2.05, 4.69) is 56.5 Å². The number of aromatic amines is 1. The van der Waals surface area contributed by atoms with Gasteiger partial charge in [-0.05, 0) is 55.6 Å². The van der Waals surface area contributed by atoms with Gasteiger partial charge in [0, 0.05) is 78.6 Å². The highest BCUT2D eigenvalue weighted by Crippen LogP contribution is 2.37. The zero-order valence-electron chi connectivity index (χ0n) is 25.1. The zero-order valence-corrected chi connectivity index (χ0v) is 25.9. The van der Waals surface area contributed by atoms with Gasteiger partial charge in [0.25, 0.3) is 0 Å². The number of hydrogen-bond acceptors (Lipinski definition) is 5. The van der Waals surface area contributed by atoms with E-state index < -0.39 is 6.04 Å². The van der Waals surface area contributed by atoms with Crippen LogP contribution in [-0.4, -0.2) is 85.3 Å². The van der Waals surface area contributed by atoms with Gasteiger partial charge >= 0.3 is 6.03 Å². The Labute approximate surface area is 258 Å². The van der Waals surface area contributed by atoms with Crippen molar-refractivity contribution in [2.75, 3.05) is 62.4 Å². The minimum atomic E-state index is -0.729. The highest BCUT2D eigenvalue weighted by molar-refractivity contribution is 7.99. The third-order valence-electron chi connectivity index (χ3n) is 8.50. The van der Waals surface area contributed by atoms with Crippen molar-refractivity contribution in [2.45, 2.75) is 30.3 Å². The lowest BCUT2D eigenvalue weighted by Gasteiger charge is -2.38. The lowest BCUT2D eigenvalue weighted by atomic mass is 9.91. The number of nitrogens with zero attached hydrogens (tertiary/aromatic N) is 4. The summed E-state index contributed by atoms with van der Waals surface area (Å²) in [5.41, 5.74) is 5.30. The predicted octanol–water partition coefficient (Wildman–Crippen LogP) is 5.37. The van der Waals surface area contributed by atoms with Crippen molar-refractivity contribution >= 4 is 46.0 Å². The Balaban J connectivity index is 1.27. The molecule has 3 amide bonds. The van der Waals surface area contributed by atoms with Crippen LogP contribution in [0.5, 0.6) is 0 Å². The van der Waals surface area contributed by atoms with Gasteiger partial charge < -0.3 is 29.9 Å². The van der Waals surface area contributed by atoms with Crippen molar-refractivity contribution < 1.29 is 9.59 Å². The molecule has 6 rings (SSSR count). The molecule has 3 heterocycles. The van der Waals surface area contributed by atoms with Crippen LogP contribution in [0.3, 0.4) is 0 Å². The van der Waals surface area contributed by atoms with E-state index >= 15 is 0 Å². The first kappa shape index (κ1) is 29.1. The molecule has 4 aromatic rings. The fraction of sp³-hybridized carbons (Fsp3) is 0.353. The maximum atomic E-state index is 14.6. The van der Waals surface area contributed by atoms with Crippen molar-refractivity contribution in [3.05, 3.63) is 90.1 Å². The summed E-state index contributed by atoms with van der Waals surface area (Å²) in [6, 6.07) is 23.9. The fourth-order valence-corrected chi connectivity index (χ4v) is 7.18. The summed E-state index contributed by atoms with van der Waals surface area (Å²) in [6.45, 7) is 6.14. The monoisotopic (exact) mass is 596 g/mol. The molecule has 43 heavy (non-hydrogen) atoms. The number of urea groups is 1. The Morgan fingerprint density at radius 3 is 2.47 bits per heavy atom. The van der Waals surface area contributed by atoms with Crippen LogP contribution in [0.15, 0.2) is 83.9 Å². The fourth-order valence-electron chi connectivity index (χ4n) is 6.21. The summed E-state index contributed by atoms with van der Waals surface area (Å²) in [5.74, 6) is 0.494. The third kappa shape index (κ3) is 6.24. The average molecular weight is 597 g/mol. The standard InChI is InChI=1S/C34H40N6O2S/c1-24(28-22-35-29-12-8-7-11-27(28)29)32(36-34(42)39-17-15-38(16-18-39)26-9-5-4-6-10-26)33(41)40-19-20-43-31-14-13-25(21-30(31)40)23-37(2)3/h4-14,21-22,24,32,35H,15-20,23H2,1-3H3,(H,36,42)/t24-,32-/m1/s1. The smallest absolute Gasteiger partial charge is 0.318 e. The van der Waals surface area contributed by atoms with Crippen LogP contribution < -0.4 is 15.1 Å². The lowest BCUT2D eigenvalue weighted by Crippen LogP contribution is -2.58. The number of aromatic nitrogens is 1. The molecule has 0 aliphatic carbocycles. The van der Waals surface area contributed by atoms with Gasteiger partial charge in [-0.25, -0.2) is 4.79 Å². The molecule has 224 valence electrons. The molecule has 3 aromatic carbocycles. The van der Waals surface area contributed by atoms with Gasteiger partial charge in [0.05, 0.1) is 5.69 Å². The number of fused-ring (bicyclic) bond motifs is 2. The van der Waals surface area contributed by atoms with Crippen LogP contribution in [0.25, 0.3) is 10.9 Å². The number of para-hydroxylation sites is 2. The first-order valence-electron chi connectivity index (χ1n) is 15.0. The summed E-state index contributed by atoms with van der Waals surface area (Å²) >= 11 is 1.78. The van der Waals surface area contributed by atoms with Crippen LogP contribution in [0.4, 0.5) is 16.2 Å². The molecule has 9 heteroatoms. The molecule has 8 nitrogen and oxygen atoms in total. The molecule has 0 saturated carbocycles. The SMILES string of the molecule is C[C@H](c1c[nH]c2ccccc12)[C@@H](NC(=O)N1CCN(c2ccccc2)CC1)C(=O)N1CCSc2ccc(CN(C)C)cc21. The minimum Gasteiger partial charge on any atom is -0.368 e. The zero-order chi connectivity index (χ0) is 29.9. The summed E-state index contributed by atoms with van der Waals surface area (Å²) in [5, 5.41) is 4.29. The molecular formula is C34H40N6O2S. The number of rotatable bonds is 7. The molecule has 2 aliphatic rings. The van der Waals surface area contributed by atoms with Crippen molar-refractivity contribution in [3.63, 3.8) is 0 Å². The van der Waals surface area contributed by atoms with E-state index in [-0.39, 0.29) is 17.9 Å². The van der Waals surface area contributed by atoms with Gasteiger partial charge in [0.2, 0.25) is 5.91 Å². The van der Waals surface area contributed by atoms with E-state index in [0.29, 0.717) is 19.6 Å². The normalized spacial score (nSPS) is 16.7. The summed E-state index contributed by atoms with van der Waals surface area (Å²) in [4.78, 5) is 41.0. The first-order chi connectivity index (χ1) is 20.9. The summed E-state index contributed by atoms with van der Waals surface area (Å²) in [7, 11) is 4.09. The van der Waals surface area contributed by atoms with E-state index in [1.54, 1.807) is 11.8 Å². The number of H-pyrrole nitrogens is 1. The predicted molar refractivity (Wildman–Crippen MR) is 176 cm³/mol. The number of amides is 3. The Bertz CT molecular complexity index is 1580. The first-order valence-corrected chi connectivity index (χ1v) is 16.0. The van der Waals surface area contributed by atoms with E-state index in [1.807, 2.05) is 73.4 Å². The maximum absolute atomic E-state index is 14.6. The van der Waals surface area contributed by atoms with Crippen molar-refractivity contribution in [2.24, 2.45) is 0 Å². The van der Waals surface area contributed by atoms with Gasteiger partial charge in [-0.1, -0.05) is 49.4 Å².